The van der Waals surface area contributed by atoms with Crippen LogP contribution in [0.1, 0.15) is 50.2 Å². The summed E-state index contributed by atoms with van der Waals surface area (Å²) in [4.78, 5) is 35.4. The molecule has 2 amide bonds. The van der Waals surface area contributed by atoms with Crippen LogP contribution in [0.4, 0.5) is 4.79 Å². The molecule has 0 aliphatic heterocycles. The van der Waals surface area contributed by atoms with E-state index in [9.17, 15) is 14.4 Å². The summed E-state index contributed by atoms with van der Waals surface area (Å²) in [6.45, 7) is 4.87. The molecule has 8 heteroatoms. The van der Waals surface area contributed by atoms with Gasteiger partial charge in [0.15, 0.2) is 0 Å². The van der Waals surface area contributed by atoms with E-state index in [-0.39, 0.29) is 43.7 Å². The van der Waals surface area contributed by atoms with E-state index in [0.29, 0.717) is 19.6 Å². The monoisotopic (exact) mass is 482 g/mol. The molecule has 2 unspecified atom stereocenters. The quantitative estimate of drug-likeness (QED) is 0.399. The number of alkyl carbamates (subject to hydrolysis) is 1. The molecule has 0 bridgehead atoms. The average Bonchev–Trinajstić information content (AvgIpc) is 3.17. The average molecular weight is 483 g/mol. The third kappa shape index (κ3) is 7.55. The van der Waals surface area contributed by atoms with E-state index in [0.717, 1.165) is 22.3 Å². The van der Waals surface area contributed by atoms with E-state index < -0.39 is 18.2 Å². The number of amides is 2. The Labute approximate surface area is 206 Å². The molecule has 2 atom stereocenters. The fraction of sp³-hybridized carbons (Fsp3) is 0.444. The van der Waals surface area contributed by atoms with E-state index in [2.05, 4.69) is 34.9 Å². The zero-order valence-electron chi connectivity index (χ0n) is 20.3. The van der Waals surface area contributed by atoms with Crippen LogP contribution in [0.15, 0.2) is 48.5 Å². The molecule has 8 nitrogen and oxygen atoms in total. The minimum absolute atomic E-state index is 0.0234. The van der Waals surface area contributed by atoms with Gasteiger partial charge in [-0.25, -0.2) is 4.79 Å². The standard InChI is InChI=1S/C27H34N2O6/c1-3-34-19(14-25(30)28-15-18(2)12-13-26(31)32)16-29-27(33)35-17-24-22-10-6-4-8-20(22)21-9-5-7-11-23(21)24/h4-11,18-19,24H,3,12-17H2,1-2H3,(H,28,30)(H,29,33)(H,31,32). The first-order chi connectivity index (χ1) is 16.9. The normalized spacial score (nSPS) is 13.9. The lowest BCUT2D eigenvalue weighted by Crippen LogP contribution is -2.39. The maximum atomic E-state index is 12.4. The summed E-state index contributed by atoms with van der Waals surface area (Å²) in [7, 11) is 0. The van der Waals surface area contributed by atoms with Gasteiger partial charge >= 0.3 is 12.1 Å². The molecule has 0 spiro atoms. The van der Waals surface area contributed by atoms with E-state index in [1.807, 2.05) is 38.1 Å². The van der Waals surface area contributed by atoms with Crippen LogP contribution in [-0.2, 0) is 19.1 Å². The number of fused-ring (bicyclic) bond motifs is 3. The molecule has 2 aromatic carbocycles. The molecule has 1 aliphatic rings. The van der Waals surface area contributed by atoms with Gasteiger partial charge in [-0.05, 0) is 41.5 Å². The number of aliphatic carboxylic acids is 1. The second-order valence-electron chi connectivity index (χ2n) is 8.83. The van der Waals surface area contributed by atoms with Gasteiger partial charge in [-0.3, -0.25) is 9.59 Å². The van der Waals surface area contributed by atoms with Crippen molar-refractivity contribution in [3.63, 3.8) is 0 Å². The third-order valence-corrected chi connectivity index (χ3v) is 6.13. The molecular weight excluding hydrogens is 448 g/mol. The summed E-state index contributed by atoms with van der Waals surface area (Å²) >= 11 is 0. The first kappa shape index (κ1) is 26.2. The van der Waals surface area contributed by atoms with Crippen LogP contribution in [0.3, 0.4) is 0 Å². The number of hydrogen-bond acceptors (Lipinski definition) is 5. The highest BCUT2D eigenvalue weighted by molar-refractivity contribution is 5.79. The molecule has 0 radical (unpaired) electrons. The highest BCUT2D eigenvalue weighted by atomic mass is 16.5. The van der Waals surface area contributed by atoms with E-state index >= 15 is 0 Å². The van der Waals surface area contributed by atoms with Gasteiger partial charge in [-0.1, -0.05) is 55.5 Å². The molecule has 3 rings (SSSR count). The Kier molecular flexibility index (Phi) is 9.66. The molecular formula is C27H34N2O6. The van der Waals surface area contributed by atoms with Crippen LogP contribution >= 0.6 is 0 Å². The fourth-order valence-corrected chi connectivity index (χ4v) is 4.31. The number of carboxylic acid groups (broad SMARTS) is 1. The summed E-state index contributed by atoms with van der Waals surface area (Å²) < 4.78 is 11.2. The number of carbonyl (C=O) groups excluding carboxylic acids is 2. The fourth-order valence-electron chi connectivity index (χ4n) is 4.31. The number of carboxylic acids is 1. The maximum Gasteiger partial charge on any atom is 0.407 e. The number of ether oxygens (including phenoxy) is 2. The van der Waals surface area contributed by atoms with Crippen LogP contribution in [0.5, 0.6) is 0 Å². The molecule has 1 aliphatic carbocycles. The SMILES string of the molecule is CCOC(CNC(=O)OCC1c2ccccc2-c2ccccc21)CC(=O)NCC(C)CCC(=O)O. The first-order valence-electron chi connectivity index (χ1n) is 12.1. The van der Waals surface area contributed by atoms with Crippen LogP contribution in [-0.4, -0.2) is 55.5 Å². The number of rotatable bonds is 13. The predicted octanol–water partition coefficient (Wildman–Crippen LogP) is 3.94. The lowest BCUT2D eigenvalue weighted by Gasteiger charge is -2.19. The van der Waals surface area contributed by atoms with Gasteiger partial charge in [0.05, 0.1) is 12.5 Å². The van der Waals surface area contributed by atoms with Gasteiger partial charge in [-0.2, -0.15) is 0 Å². The minimum Gasteiger partial charge on any atom is -0.481 e. The van der Waals surface area contributed by atoms with Crippen LogP contribution < -0.4 is 10.6 Å². The second kappa shape index (κ2) is 12.9. The van der Waals surface area contributed by atoms with Gasteiger partial charge in [0.25, 0.3) is 0 Å². The Morgan fingerprint density at radius 3 is 2.20 bits per heavy atom. The predicted molar refractivity (Wildman–Crippen MR) is 132 cm³/mol. The van der Waals surface area contributed by atoms with Gasteiger partial charge in [0.2, 0.25) is 5.91 Å². The van der Waals surface area contributed by atoms with Gasteiger partial charge in [-0.15, -0.1) is 0 Å². The van der Waals surface area contributed by atoms with Crippen molar-refractivity contribution < 1.29 is 29.0 Å². The Bertz CT molecular complexity index is 979. The molecule has 3 N–H and O–H groups in total. The number of carbonyl (C=O) groups is 3. The van der Waals surface area contributed by atoms with Crippen LogP contribution in [0, 0.1) is 5.92 Å². The summed E-state index contributed by atoms with van der Waals surface area (Å²) in [6.07, 6.45) is -0.395. The number of hydrogen-bond donors (Lipinski definition) is 3. The largest absolute Gasteiger partial charge is 0.481 e. The molecule has 0 saturated heterocycles. The first-order valence-corrected chi connectivity index (χ1v) is 12.1. The lowest BCUT2D eigenvalue weighted by atomic mass is 9.98. The highest BCUT2D eigenvalue weighted by Crippen LogP contribution is 2.44. The molecule has 0 fully saturated rings. The van der Waals surface area contributed by atoms with E-state index in [4.69, 9.17) is 14.6 Å². The minimum atomic E-state index is -0.848. The molecule has 35 heavy (non-hydrogen) atoms. The van der Waals surface area contributed by atoms with Gasteiger partial charge < -0.3 is 25.2 Å². The van der Waals surface area contributed by atoms with Gasteiger partial charge in [0.1, 0.15) is 6.61 Å². The maximum absolute atomic E-state index is 12.4. The molecule has 0 aromatic heterocycles. The van der Waals surface area contributed by atoms with Crippen molar-refractivity contribution in [1.82, 2.24) is 10.6 Å². The number of nitrogens with one attached hydrogen (secondary N) is 2. The Hall–Kier alpha value is -3.39. The van der Waals surface area contributed by atoms with Crippen molar-refractivity contribution in [2.24, 2.45) is 5.92 Å². The molecule has 2 aromatic rings. The van der Waals surface area contributed by atoms with E-state index in [1.54, 1.807) is 0 Å². The van der Waals surface area contributed by atoms with Crippen molar-refractivity contribution in [2.75, 3.05) is 26.3 Å². The number of benzene rings is 2. The summed E-state index contributed by atoms with van der Waals surface area (Å²) in [5.74, 6) is -1.02. The van der Waals surface area contributed by atoms with E-state index in [1.165, 1.54) is 0 Å². The zero-order valence-corrected chi connectivity index (χ0v) is 20.3. The zero-order chi connectivity index (χ0) is 25.2. The van der Waals surface area contributed by atoms with Crippen molar-refractivity contribution in [3.05, 3.63) is 59.7 Å². The van der Waals surface area contributed by atoms with Crippen LogP contribution in [0.25, 0.3) is 11.1 Å². The lowest BCUT2D eigenvalue weighted by molar-refractivity contribution is -0.137. The molecule has 0 saturated carbocycles. The summed E-state index contributed by atoms with van der Waals surface area (Å²) in [5.41, 5.74) is 4.61. The summed E-state index contributed by atoms with van der Waals surface area (Å²) in [6, 6.07) is 16.3. The van der Waals surface area contributed by atoms with Crippen LogP contribution in [0.2, 0.25) is 0 Å². The topological polar surface area (TPSA) is 114 Å². The van der Waals surface area contributed by atoms with Crippen molar-refractivity contribution >= 4 is 18.0 Å². The third-order valence-electron chi connectivity index (χ3n) is 6.13. The molecule has 188 valence electrons. The Balaban J connectivity index is 1.45. The second-order valence-corrected chi connectivity index (χ2v) is 8.83. The summed E-state index contributed by atoms with van der Waals surface area (Å²) in [5, 5.41) is 14.3. The Morgan fingerprint density at radius 1 is 0.971 bits per heavy atom. The molecule has 0 heterocycles. The van der Waals surface area contributed by atoms with Crippen molar-refractivity contribution in [2.45, 2.75) is 45.1 Å². The highest BCUT2D eigenvalue weighted by Gasteiger charge is 2.29. The van der Waals surface area contributed by atoms with Gasteiger partial charge in [0, 0.05) is 32.0 Å². The van der Waals surface area contributed by atoms with Crippen molar-refractivity contribution in [3.8, 4) is 11.1 Å². The van der Waals surface area contributed by atoms with Crippen molar-refractivity contribution in [1.29, 1.82) is 0 Å². The Morgan fingerprint density at radius 2 is 1.60 bits per heavy atom. The smallest absolute Gasteiger partial charge is 0.407 e.